The molecule has 0 aliphatic rings. The normalized spacial score (nSPS) is 9.71. The van der Waals surface area contributed by atoms with Crippen molar-refractivity contribution in [2.24, 2.45) is 0 Å². The highest BCUT2D eigenvalue weighted by Gasteiger charge is 2.07. The topological polar surface area (TPSA) is 51.2 Å². The number of benzene rings is 1. The number of aromatic nitrogens is 1. The van der Waals surface area contributed by atoms with Crippen molar-refractivity contribution in [1.82, 2.24) is 4.98 Å². The number of anilines is 1. The number of nitrogens with zero attached hydrogens (tertiary/aromatic N) is 1. The van der Waals surface area contributed by atoms with Crippen molar-refractivity contribution in [3.63, 3.8) is 0 Å². The van der Waals surface area contributed by atoms with Gasteiger partial charge in [-0.1, -0.05) is 30.3 Å². The minimum atomic E-state index is 0.500. The number of nitrogens with one attached hydrogen (secondary N) is 1. The Morgan fingerprint density at radius 2 is 2.06 bits per heavy atom. The molecule has 0 spiro atoms. The van der Waals surface area contributed by atoms with Gasteiger partial charge in [-0.25, -0.2) is 4.98 Å². The van der Waals surface area contributed by atoms with Gasteiger partial charge in [-0.2, -0.15) is 0 Å². The molecule has 1 heterocycles. The summed E-state index contributed by atoms with van der Waals surface area (Å²) in [6.45, 7) is 0. The maximum Gasteiger partial charge on any atom is 0.212 e. The zero-order chi connectivity index (χ0) is 12.1. The van der Waals surface area contributed by atoms with Crippen LogP contribution in [0.4, 0.5) is 5.82 Å². The number of pyridine rings is 1. The molecule has 1 aromatic heterocycles. The largest absolute Gasteiger partial charge is 0.494 e. The highest BCUT2D eigenvalue weighted by molar-refractivity contribution is 5.76. The quantitative estimate of drug-likeness (QED) is 0.817. The van der Waals surface area contributed by atoms with Gasteiger partial charge in [0.1, 0.15) is 11.6 Å². The van der Waals surface area contributed by atoms with Crippen LogP contribution in [-0.4, -0.2) is 18.5 Å². The van der Waals surface area contributed by atoms with E-state index in [1.807, 2.05) is 30.3 Å². The lowest BCUT2D eigenvalue weighted by atomic mass is 10.1. The number of hydrogen-bond donors (Lipinski definition) is 1. The van der Waals surface area contributed by atoms with Gasteiger partial charge in [0.2, 0.25) is 6.41 Å². The van der Waals surface area contributed by atoms with Crippen LogP contribution < -0.4 is 10.1 Å². The molecule has 17 heavy (non-hydrogen) atoms. The molecule has 1 N–H and O–H groups in total. The molecule has 0 radical (unpaired) electrons. The third kappa shape index (κ3) is 2.42. The van der Waals surface area contributed by atoms with Crippen LogP contribution in [0.15, 0.2) is 42.6 Å². The maximum atomic E-state index is 10.4. The van der Waals surface area contributed by atoms with Gasteiger partial charge >= 0.3 is 0 Å². The SMILES string of the molecule is COc1cnc(NC=O)cc1-c1ccccc1. The van der Waals surface area contributed by atoms with Crippen molar-refractivity contribution in [2.45, 2.75) is 0 Å². The molecule has 0 saturated heterocycles. The summed E-state index contributed by atoms with van der Waals surface area (Å²) >= 11 is 0. The molecule has 0 saturated carbocycles. The first-order chi connectivity index (χ1) is 8.35. The number of rotatable bonds is 4. The van der Waals surface area contributed by atoms with Gasteiger partial charge in [0.15, 0.2) is 0 Å². The van der Waals surface area contributed by atoms with Crippen molar-refractivity contribution >= 4 is 12.2 Å². The van der Waals surface area contributed by atoms with E-state index >= 15 is 0 Å². The molecule has 0 bridgehead atoms. The molecule has 4 nitrogen and oxygen atoms in total. The second-order valence-electron chi connectivity index (χ2n) is 3.40. The van der Waals surface area contributed by atoms with Gasteiger partial charge in [-0.05, 0) is 11.6 Å². The Kier molecular flexibility index (Phi) is 3.35. The monoisotopic (exact) mass is 228 g/mol. The number of carbonyl (C=O) groups is 1. The van der Waals surface area contributed by atoms with Crippen LogP contribution in [0.5, 0.6) is 5.75 Å². The Morgan fingerprint density at radius 3 is 2.71 bits per heavy atom. The van der Waals surface area contributed by atoms with Crippen molar-refractivity contribution in [3.05, 3.63) is 42.6 Å². The number of amides is 1. The standard InChI is InChI=1S/C13H12N2O2/c1-17-12-8-14-13(15-9-16)7-11(12)10-5-3-2-4-6-10/h2-9H,1H3,(H,14,15,16). The Morgan fingerprint density at radius 1 is 1.29 bits per heavy atom. The smallest absolute Gasteiger partial charge is 0.212 e. The third-order valence-corrected chi connectivity index (χ3v) is 2.38. The second kappa shape index (κ2) is 5.12. The lowest BCUT2D eigenvalue weighted by molar-refractivity contribution is -0.105. The summed E-state index contributed by atoms with van der Waals surface area (Å²) in [5.74, 6) is 1.17. The lowest BCUT2D eigenvalue weighted by Crippen LogP contribution is -1.98. The summed E-state index contributed by atoms with van der Waals surface area (Å²) in [5, 5.41) is 2.52. The van der Waals surface area contributed by atoms with Crippen molar-refractivity contribution in [2.75, 3.05) is 12.4 Å². The molecule has 0 fully saturated rings. The van der Waals surface area contributed by atoms with E-state index < -0.39 is 0 Å². The Bertz CT molecular complexity index is 512. The van der Waals surface area contributed by atoms with Crippen LogP contribution >= 0.6 is 0 Å². The van der Waals surface area contributed by atoms with Gasteiger partial charge in [0.05, 0.1) is 13.3 Å². The van der Waals surface area contributed by atoms with E-state index in [2.05, 4.69) is 10.3 Å². The molecule has 1 aromatic carbocycles. The first-order valence-corrected chi connectivity index (χ1v) is 5.15. The molecule has 4 heteroatoms. The number of hydrogen-bond acceptors (Lipinski definition) is 3. The molecule has 0 aliphatic carbocycles. The summed E-state index contributed by atoms with van der Waals surface area (Å²) < 4.78 is 5.25. The van der Waals surface area contributed by atoms with E-state index in [0.29, 0.717) is 18.0 Å². The van der Waals surface area contributed by atoms with Gasteiger partial charge in [0.25, 0.3) is 0 Å². The van der Waals surface area contributed by atoms with Crippen LogP contribution in [-0.2, 0) is 4.79 Å². The third-order valence-electron chi connectivity index (χ3n) is 2.38. The minimum absolute atomic E-state index is 0.500. The second-order valence-corrected chi connectivity index (χ2v) is 3.40. The fraction of sp³-hybridized carbons (Fsp3) is 0.0769. The van der Waals surface area contributed by atoms with E-state index in [-0.39, 0.29) is 0 Å². The van der Waals surface area contributed by atoms with Crippen molar-refractivity contribution < 1.29 is 9.53 Å². The highest BCUT2D eigenvalue weighted by Crippen LogP contribution is 2.30. The zero-order valence-corrected chi connectivity index (χ0v) is 9.38. The molecule has 0 atom stereocenters. The maximum absolute atomic E-state index is 10.4. The summed E-state index contributed by atoms with van der Waals surface area (Å²) in [6.07, 6.45) is 2.19. The van der Waals surface area contributed by atoms with Gasteiger partial charge in [0, 0.05) is 5.56 Å². The molecular weight excluding hydrogens is 216 g/mol. The summed E-state index contributed by atoms with van der Waals surface area (Å²) in [7, 11) is 1.59. The number of methoxy groups -OCH3 is 1. The summed E-state index contributed by atoms with van der Waals surface area (Å²) in [4.78, 5) is 14.5. The molecule has 1 amide bonds. The van der Waals surface area contributed by atoms with Crippen LogP contribution in [0.1, 0.15) is 0 Å². The van der Waals surface area contributed by atoms with Crippen LogP contribution in [0.25, 0.3) is 11.1 Å². The first kappa shape index (κ1) is 11.1. The van der Waals surface area contributed by atoms with E-state index in [9.17, 15) is 4.79 Å². The first-order valence-electron chi connectivity index (χ1n) is 5.15. The predicted octanol–water partition coefficient (Wildman–Crippen LogP) is 2.33. The number of carbonyl (C=O) groups excluding carboxylic acids is 1. The van der Waals surface area contributed by atoms with Crippen LogP contribution in [0.3, 0.4) is 0 Å². The van der Waals surface area contributed by atoms with Gasteiger partial charge in [-0.3, -0.25) is 4.79 Å². The number of ether oxygens (including phenoxy) is 1. The zero-order valence-electron chi connectivity index (χ0n) is 9.38. The van der Waals surface area contributed by atoms with E-state index in [1.165, 1.54) is 0 Å². The average Bonchev–Trinajstić information content (AvgIpc) is 2.40. The predicted molar refractivity (Wildman–Crippen MR) is 65.9 cm³/mol. The Balaban J connectivity index is 2.49. The molecule has 2 aromatic rings. The Hall–Kier alpha value is -2.36. The lowest BCUT2D eigenvalue weighted by Gasteiger charge is -2.09. The average molecular weight is 228 g/mol. The van der Waals surface area contributed by atoms with Crippen molar-refractivity contribution in [1.29, 1.82) is 0 Å². The summed E-state index contributed by atoms with van der Waals surface area (Å²) in [5.41, 5.74) is 1.91. The van der Waals surface area contributed by atoms with E-state index in [0.717, 1.165) is 11.1 Å². The summed E-state index contributed by atoms with van der Waals surface area (Å²) in [6, 6.07) is 11.6. The highest BCUT2D eigenvalue weighted by atomic mass is 16.5. The van der Waals surface area contributed by atoms with Gasteiger partial charge < -0.3 is 10.1 Å². The molecule has 0 unspecified atom stereocenters. The van der Waals surface area contributed by atoms with E-state index in [4.69, 9.17) is 4.74 Å². The molecule has 0 aliphatic heterocycles. The fourth-order valence-electron chi connectivity index (χ4n) is 1.59. The van der Waals surface area contributed by atoms with Crippen LogP contribution in [0, 0.1) is 0 Å². The van der Waals surface area contributed by atoms with Crippen molar-refractivity contribution in [3.8, 4) is 16.9 Å². The molecule has 2 rings (SSSR count). The molecular formula is C13H12N2O2. The Labute approximate surface area is 99.3 Å². The van der Waals surface area contributed by atoms with E-state index in [1.54, 1.807) is 19.4 Å². The van der Waals surface area contributed by atoms with Crippen LogP contribution in [0.2, 0.25) is 0 Å². The van der Waals surface area contributed by atoms with Gasteiger partial charge in [-0.15, -0.1) is 0 Å². The minimum Gasteiger partial charge on any atom is -0.494 e. The molecule has 86 valence electrons. The fourth-order valence-corrected chi connectivity index (χ4v) is 1.59.